The minimum atomic E-state index is -4.76. The number of carbonyl (C=O) groups is 1. The maximum Gasteiger partial charge on any atom is 0.341 e. The van der Waals surface area contributed by atoms with Crippen LogP contribution < -0.4 is 4.90 Å². The van der Waals surface area contributed by atoms with Gasteiger partial charge in [0, 0.05) is 6.04 Å². The van der Waals surface area contributed by atoms with Crippen LogP contribution in [-0.2, 0) is 19.4 Å². The molecule has 1 aromatic rings. The first-order chi connectivity index (χ1) is 9.71. The average Bonchev–Trinajstić information content (AvgIpc) is 2.43. The summed E-state index contributed by atoms with van der Waals surface area (Å²) in [6.07, 6.45) is 0. The van der Waals surface area contributed by atoms with E-state index in [0.29, 0.717) is 0 Å². The predicted molar refractivity (Wildman–Crippen MR) is 74.1 cm³/mol. The number of esters is 1. The highest BCUT2D eigenvalue weighted by molar-refractivity contribution is 7.91. The molecule has 8 heteroatoms. The average molecular weight is 321 g/mol. The highest BCUT2D eigenvalue weighted by Gasteiger charge is 2.31. The topological polar surface area (TPSA) is 63.7 Å². The molecule has 0 saturated carbocycles. The van der Waals surface area contributed by atoms with Gasteiger partial charge in [-0.3, -0.25) is 4.79 Å². The standard InChI is InChI=1S/C13H17F2NO4S/c1-9(2)16(8-12(17)20-3)10-6-4-5-7-11(10)21(18,19)13(14)15/h4-7,9,13H,8H2,1-3H3. The lowest BCUT2D eigenvalue weighted by molar-refractivity contribution is -0.139. The van der Waals surface area contributed by atoms with E-state index in [-0.39, 0.29) is 18.3 Å². The van der Waals surface area contributed by atoms with Crippen LogP contribution in [0.5, 0.6) is 0 Å². The number of methoxy groups -OCH3 is 1. The first-order valence-corrected chi connectivity index (χ1v) is 7.71. The van der Waals surface area contributed by atoms with E-state index in [4.69, 9.17) is 0 Å². The van der Waals surface area contributed by atoms with Crippen LogP contribution in [0.3, 0.4) is 0 Å². The first-order valence-electron chi connectivity index (χ1n) is 6.16. The molecule has 0 heterocycles. The zero-order chi connectivity index (χ0) is 16.2. The summed E-state index contributed by atoms with van der Waals surface area (Å²) in [5.74, 6) is -4.11. The molecule has 0 radical (unpaired) electrons. The van der Waals surface area contributed by atoms with E-state index >= 15 is 0 Å². The second-order valence-corrected chi connectivity index (χ2v) is 6.46. The molecule has 0 aromatic heterocycles. The van der Waals surface area contributed by atoms with E-state index in [1.165, 1.54) is 30.2 Å². The Bertz CT molecular complexity index is 602. The number of anilines is 1. The normalized spacial score (nSPS) is 11.8. The summed E-state index contributed by atoms with van der Waals surface area (Å²) in [7, 11) is -3.56. The minimum absolute atomic E-state index is 0.0539. The molecule has 0 aliphatic carbocycles. The SMILES string of the molecule is COC(=O)CN(c1ccccc1S(=O)(=O)C(F)F)C(C)C. The molecule has 0 spiro atoms. The van der Waals surface area contributed by atoms with Gasteiger partial charge in [0.05, 0.1) is 17.7 Å². The van der Waals surface area contributed by atoms with Crippen LogP contribution in [0.4, 0.5) is 14.5 Å². The number of benzene rings is 1. The highest BCUT2D eigenvalue weighted by atomic mass is 32.2. The minimum Gasteiger partial charge on any atom is -0.468 e. The molecule has 0 saturated heterocycles. The summed E-state index contributed by atoms with van der Waals surface area (Å²) in [5.41, 5.74) is 0.0539. The second kappa shape index (κ2) is 6.84. The summed E-state index contributed by atoms with van der Waals surface area (Å²) in [6, 6.07) is 5.09. The quantitative estimate of drug-likeness (QED) is 0.751. The van der Waals surface area contributed by atoms with Gasteiger partial charge in [0.1, 0.15) is 6.54 Å². The van der Waals surface area contributed by atoms with E-state index < -0.39 is 26.5 Å². The van der Waals surface area contributed by atoms with Crippen molar-refractivity contribution in [2.45, 2.75) is 30.5 Å². The third-order valence-electron chi connectivity index (χ3n) is 2.87. The number of hydrogen-bond donors (Lipinski definition) is 0. The number of ether oxygens (including phenoxy) is 1. The fourth-order valence-electron chi connectivity index (χ4n) is 1.78. The summed E-state index contributed by atoms with van der Waals surface area (Å²) < 4.78 is 53.6. The third kappa shape index (κ3) is 3.90. The van der Waals surface area contributed by atoms with Crippen LogP contribution in [-0.4, -0.2) is 39.8 Å². The van der Waals surface area contributed by atoms with Gasteiger partial charge in [0.2, 0.25) is 9.84 Å². The fourth-order valence-corrected chi connectivity index (χ4v) is 2.72. The number of rotatable bonds is 6. The molecule has 0 atom stereocenters. The molecule has 0 aliphatic rings. The van der Waals surface area contributed by atoms with Crippen molar-refractivity contribution in [3.63, 3.8) is 0 Å². The molecular formula is C13H17F2NO4S. The smallest absolute Gasteiger partial charge is 0.341 e. The molecule has 1 aromatic carbocycles. The number of nitrogens with zero attached hydrogens (tertiary/aromatic N) is 1. The van der Waals surface area contributed by atoms with Gasteiger partial charge >= 0.3 is 11.7 Å². The van der Waals surface area contributed by atoms with Crippen LogP contribution in [0.1, 0.15) is 13.8 Å². The van der Waals surface area contributed by atoms with Crippen molar-refractivity contribution in [1.29, 1.82) is 0 Å². The van der Waals surface area contributed by atoms with Crippen LogP contribution >= 0.6 is 0 Å². The maximum atomic E-state index is 12.8. The lowest BCUT2D eigenvalue weighted by atomic mass is 10.2. The van der Waals surface area contributed by atoms with Gasteiger partial charge in [0.25, 0.3) is 0 Å². The first kappa shape index (κ1) is 17.4. The van der Waals surface area contributed by atoms with Crippen molar-refractivity contribution in [1.82, 2.24) is 0 Å². The van der Waals surface area contributed by atoms with Crippen LogP contribution in [0.15, 0.2) is 29.2 Å². The van der Waals surface area contributed by atoms with E-state index in [2.05, 4.69) is 4.74 Å². The molecule has 5 nitrogen and oxygen atoms in total. The molecule has 118 valence electrons. The Hall–Kier alpha value is -1.70. The summed E-state index contributed by atoms with van der Waals surface area (Å²) in [6.45, 7) is 3.20. The predicted octanol–water partition coefficient (Wildman–Crippen LogP) is 2.07. The summed E-state index contributed by atoms with van der Waals surface area (Å²) in [4.78, 5) is 12.3. The Morgan fingerprint density at radius 2 is 1.86 bits per heavy atom. The van der Waals surface area contributed by atoms with E-state index in [1.54, 1.807) is 13.8 Å². The number of alkyl halides is 2. The zero-order valence-corrected chi connectivity index (χ0v) is 12.7. The second-order valence-electron chi connectivity index (χ2n) is 4.57. The summed E-state index contributed by atoms with van der Waals surface area (Å²) in [5, 5.41) is 0. The molecular weight excluding hydrogens is 304 g/mol. The lowest BCUT2D eigenvalue weighted by Crippen LogP contribution is -2.37. The number of carbonyl (C=O) groups excluding carboxylic acids is 1. The Morgan fingerprint density at radius 3 is 2.33 bits per heavy atom. The molecule has 0 unspecified atom stereocenters. The molecule has 0 N–H and O–H groups in total. The van der Waals surface area contributed by atoms with Crippen molar-refractivity contribution in [2.75, 3.05) is 18.6 Å². The van der Waals surface area contributed by atoms with Gasteiger partial charge in [-0.25, -0.2) is 8.42 Å². The number of para-hydroxylation sites is 1. The highest BCUT2D eigenvalue weighted by Crippen LogP contribution is 2.30. The van der Waals surface area contributed by atoms with E-state index in [1.807, 2.05) is 0 Å². The summed E-state index contributed by atoms with van der Waals surface area (Å²) >= 11 is 0. The molecule has 21 heavy (non-hydrogen) atoms. The Morgan fingerprint density at radius 1 is 1.29 bits per heavy atom. The monoisotopic (exact) mass is 321 g/mol. The van der Waals surface area contributed by atoms with Gasteiger partial charge in [-0.2, -0.15) is 8.78 Å². The molecule has 0 bridgehead atoms. The van der Waals surface area contributed by atoms with E-state index in [0.717, 1.165) is 6.07 Å². The Labute approximate surface area is 122 Å². The van der Waals surface area contributed by atoms with Gasteiger partial charge < -0.3 is 9.64 Å². The van der Waals surface area contributed by atoms with Crippen LogP contribution in [0.25, 0.3) is 0 Å². The van der Waals surface area contributed by atoms with Crippen molar-refractivity contribution < 1.29 is 26.7 Å². The maximum absolute atomic E-state index is 12.8. The van der Waals surface area contributed by atoms with Gasteiger partial charge in [-0.1, -0.05) is 12.1 Å². The van der Waals surface area contributed by atoms with Gasteiger partial charge in [0.15, 0.2) is 0 Å². The zero-order valence-electron chi connectivity index (χ0n) is 11.9. The van der Waals surface area contributed by atoms with Crippen molar-refractivity contribution in [2.24, 2.45) is 0 Å². The van der Waals surface area contributed by atoms with Crippen LogP contribution in [0, 0.1) is 0 Å². The Balaban J connectivity index is 3.37. The number of hydrogen-bond acceptors (Lipinski definition) is 5. The van der Waals surface area contributed by atoms with E-state index in [9.17, 15) is 22.0 Å². The van der Waals surface area contributed by atoms with Crippen molar-refractivity contribution >= 4 is 21.5 Å². The largest absolute Gasteiger partial charge is 0.468 e. The van der Waals surface area contributed by atoms with Crippen molar-refractivity contribution in [3.05, 3.63) is 24.3 Å². The molecule has 0 aliphatic heterocycles. The van der Waals surface area contributed by atoms with Gasteiger partial charge in [-0.15, -0.1) is 0 Å². The molecule has 1 rings (SSSR count). The van der Waals surface area contributed by atoms with Crippen molar-refractivity contribution in [3.8, 4) is 0 Å². The fraction of sp³-hybridized carbons (Fsp3) is 0.462. The molecule has 0 amide bonds. The number of halogens is 2. The van der Waals surface area contributed by atoms with Crippen LogP contribution in [0.2, 0.25) is 0 Å². The lowest BCUT2D eigenvalue weighted by Gasteiger charge is -2.29. The third-order valence-corrected chi connectivity index (χ3v) is 4.29. The van der Waals surface area contributed by atoms with Gasteiger partial charge in [-0.05, 0) is 26.0 Å². The molecule has 0 fully saturated rings. The Kier molecular flexibility index (Phi) is 5.65. The number of sulfone groups is 1.